The van der Waals surface area contributed by atoms with Gasteiger partial charge in [-0.05, 0) is 34.2 Å². The number of aromatic nitrogens is 5. The molecule has 2 aromatic heterocycles. The van der Waals surface area contributed by atoms with Gasteiger partial charge in [0.05, 0.1) is 0 Å². The van der Waals surface area contributed by atoms with Gasteiger partial charge in [0, 0.05) is 12.6 Å². The van der Waals surface area contributed by atoms with Crippen molar-refractivity contribution in [3.05, 3.63) is 42.0 Å². The van der Waals surface area contributed by atoms with E-state index in [0.717, 1.165) is 5.56 Å². The van der Waals surface area contributed by atoms with Crippen LogP contribution in [0.1, 0.15) is 5.56 Å². The van der Waals surface area contributed by atoms with Crippen molar-refractivity contribution >= 4 is 5.65 Å². The van der Waals surface area contributed by atoms with Crippen LogP contribution in [0.25, 0.3) is 5.65 Å². The van der Waals surface area contributed by atoms with E-state index in [1.165, 1.54) is 4.63 Å². The molecule has 2 N–H and O–H groups in total. The van der Waals surface area contributed by atoms with Crippen LogP contribution < -0.4 is 10.5 Å². The first-order valence-corrected chi connectivity index (χ1v) is 5.37. The first kappa shape index (κ1) is 10.6. The summed E-state index contributed by atoms with van der Waals surface area (Å²) in [5, 5.41) is 15.1. The number of nitrogens with zero attached hydrogens (tertiary/aromatic N) is 5. The second kappa shape index (κ2) is 4.38. The van der Waals surface area contributed by atoms with Crippen LogP contribution in [0.15, 0.2) is 36.4 Å². The maximum atomic E-state index is 5.62. The van der Waals surface area contributed by atoms with Crippen LogP contribution in [0.3, 0.4) is 0 Å². The highest BCUT2D eigenvalue weighted by Gasteiger charge is 2.03. The quantitative estimate of drug-likeness (QED) is 0.729. The van der Waals surface area contributed by atoms with Gasteiger partial charge in [-0.1, -0.05) is 12.1 Å². The maximum absolute atomic E-state index is 5.62. The van der Waals surface area contributed by atoms with Crippen molar-refractivity contribution in [2.24, 2.45) is 5.73 Å². The maximum Gasteiger partial charge on any atom is 0.239 e. The molecule has 0 aliphatic carbocycles. The van der Waals surface area contributed by atoms with Crippen LogP contribution in [0.5, 0.6) is 11.6 Å². The third-order valence-corrected chi connectivity index (χ3v) is 2.40. The Labute approximate surface area is 102 Å². The summed E-state index contributed by atoms with van der Waals surface area (Å²) < 4.78 is 6.92. The van der Waals surface area contributed by atoms with Crippen molar-refractivity contribution < 1.29 is 4.74 Å². The summed E-state index contributed by atoms with van der Waals surface area (Å²) in [4.78, 5) is 0. The minimum absolute atomic E-state index is 0.420. The molecule has 2 heterocycles. The predicted molar refractivity (Wildman–Crippen MR) is 63.0 cm³/mol. The lowest BCUT2D eigenvalue weighted by Crippen LogP contribution is -1.98. The van der Waals surface area contributed by atoms with Gasteiger partial charge in [-0.25, -0.2) is 0 Å². The van der Waals surface area contributed by atoms with E-state index < -0.39 is 0 Å². The minimum atomic E-state index is 0.420. The Hall–Kier alpha value is -2.54. The number of rotatable bonds is 3. The number of ether oxygens (including phenoxy) is 1. The molecule has 0 bridgehead atoms. The fourth-order valence-electron chi connectivity index (χ4n) is 1.54. The molecule has 90 valence electrons. The predicted octanol–water partition coefficient (Wildman–Crippen LogP) is 0.770. The lowest BCUT2D eigenvalue weighted by atomic mass is 10.2. The standard InChI is InChI=1S/C11H10N6O/c12-7-8-2-1-3-9(6-8)18-11-5-4-10-13-15-16-17(10)14-11/h1-6H,7,12H2. The van der Waals surface area contributed by atoms with Gasteiger partial charge in [0.1, 0.15) is 5.75 Å². The highest BCUT2D eigenvalue weighted by Crippen LogP contribution is 2.20. The fourth-order valence-corrected chi connectivity index (χ4v) is 1.54. The molecule has 0 saturated heterocycles. The Morgan fingerprint density at radius 2 is 2.17 bits per heavy atom. The summed E-state index contributed by atoms with van der Waals surface area (Å²) in [6.45, 7) is 0.469. The summed E-state index contributed by atoms with van der Waals surface area (Å²) in [5.74, 6) is 1.10. The van der Waals surface area contributed by atoms with Crippen LogP contribution >= 0.6 is 0 Å². The molecule has 1 aromatic carbocycles. The van der Waals surface area contributed by atoms with Crippen LogP contribution in [-0.4, -0.2) is 25.3 Å². The van der Waals surface area contributed by atoms with E-state index in [2.05, 4.69) is 20.6 Å². The van der Waals surface area contributed by atoms with E-state index in [-0.39, 0.29) is 0 Å². The lowest BCUT2D eigenvalue weighted by Gasteiger charge is -2.05. The SMILES string of the molecule is NCc1cccc(Oc2ccc3nnnn3n2)c1. The summed E-state index contributed by atoms with van der Waals surface area (Å²) >= 11 is 0. The molecule has 0 unspecified atom stereocenters. The summed E-state index contributed by atoms with van der Waals surface area (Å²) in [7, 11) is 0. The number of tetrazole rings is 1. The van der Waals surface area contributed by atoms with Gasteiger partial charge < -0.3 is 10.5 Å². The van der Waals surface area contributed by atoms with Gasteiger partial charge in [-0.3, -0.25) is 0 Å². The zero-order chi connectivity index (χ0) is 12.4. The average molecular weight is 242 g/mol. The average Bonchev–Trinajstić information content (AvgIpc) is 2.86. The van der Waals surface area contributed by atoms with E-state index in [1.54, 1.807) is 12.1 Å². The molecule has 0 fully saturated rings. The third-order valence-electron chi connectivity index (χ3n) is 2.40. The Morgan fingerprint density at radius 3 is 3.06 bits per heavy atom. The molecule has 0 saturated carbocycles. The topological polar surface area (TPSA) is 91.2 Å². The summed E-state index contributed by atoms with van der Waals surface area (Å²) in [5.41, 5.74) is 7.13. The molecule has 18 heavy (non-hydrogen) atoms. The van der Waals surface area contributed by atoms with Crippen LogP contribution in [0.2, 0.25) is 0 Å². The van der Waals surface area contributed by atoms with E-state index >= 15 is 0 Å². The molecule has 0 aliphatic rings. The zero-order valence-electron chi connectivity index (χ0n) is 9.39. The Kier molecular flexibility index (Phi) is 2.58. The summed E-state index contributed by atoms with van der Waals surface area (Å²) in [6.07, 6.45) is 0. The molecule has 0 spiro atoms. The Bertz CT molecular complexity index is 680. The first-order valence-electron chi connectivity index (χ1n) is 5.37. The van der Waals surface area contributed by atoms with Gasteiger partial charge in [0.25, 0.3) is 0 Å². The van der Waals surface area contributed by atoms with Crippen molar-refractivity contribution in [2.45, 2.75) is 6.54 Å². The van der Waals surface area contributed by atoms with Crippen molar-refractivity contribution in [3.63, 3.8) is 0 Å². The lowest BCUT2D eigenvalue weighted by molar-refractivity contribution is 0.446. The van der Waals surface area contributed by atoms with Crippen molar-refractivity contribution in [1.82, 2.24) is 25.3 Å². The third kappa shape index (κ3) is 1.98. The number of hydrogen-bond acceptors (Lipinski definition) is 6. The second-order valence-corrected chi connectivity index (χ2v) is 3.65. The first-order chi connectivity index (χ1) is 8.85. The number of nitrogens with two attached hydrogens (primary N) is 1. The Morgan fingerprint density at radius 1 is 1.22 bits per heavy atom. The van der Waals surface area contributed by atoms with Crippen LogP contribution in [-0.2, 0) is 6.54 Å². The molecule has 7 heteroatoms. The molecular formula is C11H10N6O. The molecule has 3 aromatic rings. The van der Waals surface area contributed by atoms with E-state index in [0.29, 0.717) is 23.8 Å². The summed E-state index contributed by atoms with van der Waals surface area (Å²) in [6, 6.07) is 11.0. The number of hydrogen-bond donors (Lipinski definition) is 1. The second-order valence-electron chi connectivity index (χ2n) is 3.65. The van der Waals surface area contributed by atoms with Gasteiger partial charge in [-0.2, -0.15) is 0 Å². The molecule has 0 amide bonds. The van der Waals surface area contributed by atoms with Crippen molar-refractivity contribution in [2.75, 3.05) is 0 Å². The van der Waals surface area contributed by atoms with Gasteiger partial charge in [-0.15, -0.1) is 14.8 Å². The Balaban J connectivity index is 1.90. The van der Waals surface area contributed by atoms with E-state index in [9.17, 15) is 0 Å². The normalized spacial score (nSPS) is 10.7. The number of fused-ring (bicyclic) bond motifs is 1. The van der Waals surface area contributed by atoms with Gasteiger partial charge in [0.2, 0.25) is 5.88 Å². The molecule has 7 nitrogen and oxygen atoms in total. The highest BCUT2D eigenvalue weighted by molar-refractivity contribution is 5.36. The molecule has 0 radical (unpaired) electrons. The molecule has 0 atom stereocenters. The van der Waals surface area contributed by atoms with Crippen molar-refractivity contribution in [1.29, 1.82) is 0 Å². The van der Waals surface area contributed by atoms with Crippen molar-refractivity contribution in [3.8, 4) is 11.6 Å². The largest absolute Gasteiger partial charge is 0.438 e. The smallest absolute Gasteiger partial charge is 0.239 e. The van der Waals surface area contributed by atoms with Gasteiger partial charge in [0.15, 0.2) is 5.65 Å². The fraction of sp³-hybridized carbons (Fsp3) is 0.0909. The monoisotopic (exact) mass is 242 g/mol. The molecule has 0 aliphatic heterocycles. The van der Waals surface area contributed by atoms with E-state index in [4.69, 9.17) is 10.5 Å². The molecule has 3 rings (SSSR count). The minimum Gasteiger partial charge on any atom is -0.438 e. The number of benzene rings is 1. The van der Waals surface area contributed by atoms with Crippen LogP contribution in [0.4, 0.5) is 0 Å². The van der Waals surface area contributed by atoms with Crippen LogP contribution in [0, 0.1) is 0 Å². The highest BCUT2D eigenvalue weighted by atomic mass is 16.5. The van der Waals surface area contributed by atoms with E-state index in [1.807, 2.05) is 24.3 Å². The van der Waals surface area contributed by atoms with Gasteiger partial charge >= 0.3 is 0 Å². The zero-order valence-corrected chi connectivity index (χ0v) is 9.39. The molecular weight excluding hydrogens is 232 g/mol.